The summed E-state index contributed by atoms with van der Waals surface area (Å²) in [5, 5.41) is 8.74. The zero-order valence-corrected chi connectivity index (χ0v) is 17.8. The van der Waals surface area contributed by atoms with E-state index in [0.717, 1.165) is 30.5 Å². The first-order valence-electron chi connectivity index (χ1n) is 10.0. The lowest BCUT2D eigenvalue weighted by atomic mass is 9.77. The average molecular weight is 428 g/mol. The van der Waals surface area contributed by atoms with E-state index >= 15 is 0 Å². The maximum Gasteiger partial charge on any atom is 0.250 e. The maximum absolute atomic E-state index is 14.3. The lowest BCUT2D eigenvalue weighted by Crippen LogP contribution is -2.38. The minimum Gasteiger partial charge on any atom is -0.314 e. The summed E-state index contributed by atoms with van der Waals surface area (Å²) in [5.41, 5.74) is 1.76. The molecular weight excluding hydrogens is 404 g/mol. The highest BCUT2D eigenvalue weighted by molar-refractivity contribution is 7.99. The van der Waals surface area contributed by atoms with E-state index in [9.17, 15) is 13.6 Å². The highest BCUT2D eigenvalue weighted by Crippen LogP contribution is 2.50. The number of rotatable bonds is 5. The highest BCUT2D eigenvalue weighted by atomic mass is 32.2. The van der Waals surface area contributed by atoms with Gasteiger partial charge < -0.3 is 4.57 Å². The summed E-state index contributed by atoms with van der Waals surface area (Å²) in [6.07, 6.45) is 6.45. The molecule has 156 valence electrons. The van der Waals surface area contributed by atoms with Crippen molar-refractivity contribution in [2.45, 2.75) is 43.4 Å². The van der Waals surface area contributed by atoms with Crippen LogP contribution in [0.2, 0.25) is 0 Å². The van der Waals surface area contributed by atoms with Crippen LogP contribution in [-0.2, 0) is 11.3 Å². The molecule has 1 aliphatic rings. The number of thioether (sulfide) groups is 1. The van der Waals surface area contributed by atoms with Gasteiger partial charge in [-0.05, 0) is 61.3 Å². The quantitative estimate of drug-likeness (QED) is 0.566. The number of benzene rings is 1. The third-order valence-electron chi connectivity index (χ3n) is 6.02. The first-order chi connectivity index (χ1) is 14.5. The molecule has 0 saturated heterocycles. The molecule has 30 heavy (non-hydrogen) atoms. The molecule has 0 amide bonds. The van der Waals surface area contributed by atoms with Crippen LogP contribution in [0.4, 0.5) is 8.78 Å². The first kappa shape index (κ1) is 20.7. The molecule has 4 rings (SSSR count). The molecule has 0 fully saturated rings. The van der Waals surface area contributed by atoms with Crippen LogP contribution in [0.5, 0.6) is 0 Å². The largest absolute Gasteiger partial charge is 0.314 e. The third kappa shape index (κ3) is 3.55. The third-order valence-corrected chi connectivity index (χ3v) is 7.33. The molecule has 0 saturated carbocycles. The Labute approximate surface area is 178 Å². The molecule has 0 bridgehead atoms. The fourth-order valence-corrected chi connectivity index (χ4v) is 5.27. The van der Waals surface area contributed by atoms with E-state index in [-0.39, 0.29) is 22.7 Å². The van der Waals surface area contributed by atoms with Crippen LogP contribution in [0.1, 0.15) is 43.4 Å². The van der Waals surface area contributed by atoms with Crippen LogP contribution in [-0.4, -0.2) is 21.0 Å². The SMILES string of the molecule is CC[C@H]1CC[C@@](Cn2ccccc2=O)(SC)c2nnc(-c3c(F)cccc3F)cc21. The normalized spacial score (nSPS) is 20.7. The van der Waals surface area contributed by atoms with Crippen molar-refractivity contribution in [2.75, 3.05) is 6.26 Å². The number of nitrogens with zero attached hydrogens (tertiary/aromatic N) is 3. The fourth-order valence-electron chi connectivity index (χ4n) is 4.33. The number of pyridine rings is 1. The zero-order chi connectivity index (χ0) is 21.3. The van der Waals surface area contributed by atoms with Crippen molar-refractivity contribution in [3.8, 4) is 11.3 Å². The summed E-state index contributed by atoms with van der Waals surface area (Å²) in [7, 11) is 0. The lowest BCUT2D eigenvalue weighted by molar-refractivity contribution is 0.383. The molecule has 1 aromatic carbocycles. The molecule has 3 aromatic rings. The molecule has 2 aromatic heterocycles. The minimum absolute atomic E-state index is 0.0666. The van der Waals surface area contributed by atoms with E-state index in [2.05, 4.69) is 17.1 Å². The van der Waals surface area contributed by atoms with Gasteiger partial charge in [-0.25, -0.2) is 8.78 Å². The second-order valence-corrected chi connectivity index (χ2v) is 8.83. The monoisotopic (exact) mass is 427 g/mol. The van der Waals surface area contributed by atoms with E-state index in [4.69, 9.17) is 0 Å². The highest BCUT2D eigenvalue weighted by Gasteiger charge is 2.42. The van der Waals surface area contributed by atoms with Crippen molar-refractivity contribution in [3.05, 3.63) is 81.9 Å². The van der Waals surface area contributed by atoms with E-state index < -0.39 is 16.4 Å². The van der Waals surface area contributed by atoms with Crippen LogP contribution in [0.25, 0.3) is 11.3 Å². The van der Waals surface area contributed by atoms with Gasteiger partial charge in [-0.15, -0.1) is 5.10 Å². The van der Waals surface area contributed by atoms with Crippen LogP contribution in [0, 0.1) is 11.6 Å². The zero-order valence-electron chi connectivity index (χ0n) is 16.9. The smallest absolute Gasteiger partial charge is 0.250 e. The summed E-state index contributed by atoms with van der Waals surface area (Å²) in [4.78, 5) is 12.3. The van der Waals surface area contributed by atoms with Crippen molar-refractivity contribution >= 4 is 11.8 Å². The summed E-state index contributed by atoms with van der Waals surface area (Å²) >= 11 is 1.65. The van der Waals surface area contributed by atoms with Crippen molar-refractivity contribution in [3.63, 3.8) is 0 Å². The molecule has 7 heteroatoms. The number of hydrogen-bond donors (Lipinski definition) is 0. The molecular formula is C23H23F2N3OS. The fraction of sp³-hybridized carbons (Fsp3) is 0.348. The van der Waals surface area contributed by atoms with E-state index in [1.165, 1.54) is 18.2 Å². The predicted molar refractivity (Wildman–Crippen MR) is 116 cm³/mol. The maximum atomic E-state index is 14.3. The van der Waals surface area contributed by atoms with Gasteiger partial charge in [0.05, 0.1) is 21.7 Å². The van der Waals surface area contributed by atoms with E-state index in [1.807, 2.05) is 12.3 Å². The van der Waals surface area contributed by atoms with Crippen LogP contribution in [0.15, 0.2) is 53.5 Å². The lowest BCUT2D eigenvalue weighted by Gasteiger charge is -2.39. The van der Waals surface area contributed by atoms with E-state index in [1.54, 1.807) is 40.7 Å². The summed E-state index contributed by atoms with van der Waals surface area (Å²) in [6, 6.07) is 10.7. The standard InChI is InChI=1S/C23H23F2N3OS/c1-3-15-10-11-23(30-2,14-28-12-5-4-9-20(28)29)22-16(15)13-19(26-27-22)21-17(24)7-6-8-18(21)25/h4-9,12-13,15H,3,10-11,14H2,1-2H3/t15-,23-/m0/s1. The van der Waals surface area contributed by atoms with Gasteiger partial charge >= 0.3 is 0 Å². The van der Waals surface area contributed by atoms with Gasteiger partial charge in [-0.3, -0.25) is 4.79 Å². The Bertz CT molecular complexity index is 1110. The second-order valence-electron chi connectivity index (χ2n) is 7.64. The number of halogens is 2. The van der Waals surface area contributed by atoms with Gasteiger partial charge in [0.25, 0.3) is 5.56 Å². The number of hydrogen-bond acceptors (Lipinski definition) is 4. The Balaban J connectivity index is 1.85. The molecule has 4 nitrogen and oxygen atoms in total. The first-order valence-corrected chi connectivity index (χ1v) is 11.2. The molecule has 0 spiro atoms. The number of fused-ring (bicyclic) bond motifs is 1. The number of aromatic nitrogens is 3. The van der Waals surface area contributed by atoms with Crippen molar-refractivity contribution in [1.82, 2.24) is 14.8 Å². The minimum atomic E-state index is -0.653. The van der Waals surface area contributed by atoms with Crippen molar-refractivity contribution in [1.29, 1.82) is 0 Å². The molecule has 0 aliphatic heterocycles. The van der Waals surface area contributed by atoms with Gasteiger partial charge in [-0.2, -0.15) is 16.9 Å². The topological polar surface area (TPSA) is 47.8 Å². The Morgan fingerprint density at radius 3 is 2.60 bits per heavy atom. The molecule has 2 heterocycles. The van der Waals surface area contributed by atoms with Crippen LogP contribution < -0.4 is 5.56 Å². The van der Waals surface area contributed by atoms with Gasteiger partial charge in [0.1, 0.15) is 11.6 Å². The Kier molecular flexibility index (Phi) is 5.73. The van der Waals surface area contributed by atoms with Crippen molar-refractivity contribution in [2.24, 2.45) is 0 Å². The Morgan fingerprint density at radius 1 is 1.17 bits per heavy atom. The van der Waals surface area contributed by atoms with Crippen LogP contribution in [0.3, 0.4) is 0 Å². The summed E-state index contributed by atoms with van der Waals surface area (Å²) in [6.45, 7) is 2.57. The average Bonchev–Trinajstić information content (AvgIpc) is 2.75. The van der Waals surface area contributed by atoms with Gasteiger partial charge in [0.15, 0.2) is 0 Å². The molecule has 2 atom stereocenters. The Hall–Kier alpha value is -2.54. The van der Waals surface area contributed by atoms with E-state index in [0.29, 0.717) is 6.54 Å². The Morgan fingerprint density at radius 2 is 1.93 bits per heavy atom. The second kappa shape index (κ2) is 8.30. The predicted octanol–water partition coefficient (Wildman–Crippen LogP) is 5.13. The van der Waals surface area contributed by atoms with Gasteiger partial charge in [0.2, 0.25) is 0 Å². The van der Waals surface area contributed by atoms with Crippen molar-refractivity contribution < 1.29 is 8.78 Å². The summed E-state index contributed by atoms with van der Waals surface area (Å²) in [5.74, 6) is -1.07. The van der Waals surface area contributed by atoms with Gasteiger partial charge in [0, 0.05) is 18.8 Å². The molecule has 0 unspecified atom stereocenters. The summed E-state index contributed by atoms with van der Waals surface area (Å²) < 4.78 is 30.0. The van der Waals surface area contributed by atoms with Gasteiger partial charge in [-0.1, -0.05) is 19.1 Å². The molecule has 0 N–H and O–H groups in total. The molecule has 0 radical (unpaired) electrons. The van der Waals surface area contributed by atoms with Crippen LogP contribution >= 0.6 is 11.8 Å². The molecule has 1 aliphatic carbocycles.